The quantitative estimate of drug-likeness (QED) is 0.663. The normalized spacial score (nSPS) is 26.4. The van der Waals surface area contributed by atoms with E-state index in [0.717, 1.165) is 13.0 Å². The number of hydrogen-bond acceptors (Lipinski definition) is 3. The van der Waals surface area contributed by atoms with Gasteiger partial charge in [0.15, 0.2) is 0 Å². The number of carbonyl (C=O) groups excluding carboxylic acids is 1. The fourth-order valence-electron chi connectivity index (χ4n) is 1.65. The molecular weight excluding hydrogens is 180 g/mol. The van der Waals surface area contributed by atoms with Gasteiger partial charge < -0.3 is 15.4 Å². The Hall–Kier alpha value is -0.610. The Morgan fingerprint density at radius 3 is 2.86 bits per heavy atom. The van der Waals surface area contributed by atoms with Crippen molar-refractivity contribution in [2.75, 3.05) is 26.3 Å². The lowest BCUT2D eigenvalue weighted by atomic mass is 10.0. The number of hydrogen-bond donors (Lipinski definition) is 2. The molecule has 4 heteroatoms. The molecule has 2 N–H and O–H groups in total. The van der Waals surface area contributed by atoms with E-state index in [1.54, 1.807) is 0 Å². The SMILES string of the molecule is CCCNC1COCC1C(=O)NCC. The molecule has 1 fully saturated rings. The summed E-state index contributed by atoms with van der Waals surface area (Å²) >= 11 is 0. The Balaban J connectivity index is 2.38. The first kappa shape index (κ1) is 11.5. The van der Waals surface area contributed by atoms with Crippen LogP contribution in [0.2, 0.25) is 0 Å². The first-order valence-corrected chi connectivity index (χ1v) is 5.38. The van der Waals surface area contributed by atoms with Crippen molar-refractivity contribution in [3.05, 3.63) is 0 Å². The van der Waals surface area contributed by atoms with Crippen molar-refractivity contribution in [1.82, 2.24) is 10.6 Å². The second-order valence-corrected chi connectivity index (χ2v) is 3.60. The minimum absolute atomic E-state index is 0.0125. The van der Waals surface area contributed by atoms with Crippen molar-refractivity contribution in [2.24, 2.45) is 5.92 Å². The fraction of sp³-hybridized carbons (Fsp3) is 0.900. The van der Waals surface area contributed by atoms with Gasteiger partial charge in [0.25, 0.3) is 0 Å². The van der Waals surface area contributed by atoms with Crippen molar-refractivity contribution >= 4 is 5.91 Å². The van der Waals surface area contributed by atoms with E-state index in [9.17, 15) is 4.79 Å². The highest BCUT2D eigenvalue weighted by molar-refractivity contribution is 5.79. The monoisotopic (exact) mass is 200 g/mol. The van der Waals surface area contributed by atoms with Gasteiger partial charge in [0.2, 0.25) is 5.91 Å². The van der Waals surface area contributed by atoms with Crippen LogP contribution in [0, 0.1) is 5.92 Å². The van der Waals surface area contributed by atoms with Gasteiger partial charge in [-0.3, -0.25) is 4.79 Å². The minimum Gasteiger partial charge on any atom is -0.379 e. The maximum atomic E-state index is 11.6. The number of ether oxygens (including phenoxy) is 1. The topological polar surface area (TPSA) is 50.4 Å². The van der Waals surface area contributed by atoms with E-state index in [1.807, 2.05) is 6.92 Å². The third-order valence-corrected chi connectivity index (χ3v) is 2.42. The highest BCUT2D eigenvalue weighted by Crippen LogP contribution is 2.13. The number of carbonyl (C=O) groups is 1. The van der Waals surface area contributed by atoms with Gasteiger partial charge >= 0.3 is 0 Å². The molecule has 0 spiro atoms. The summed E-state index contributed by atoms with van der Waals surface area (Å²) in [6.45, 7) is 6.89. The molecule has 0 saturated carbocycles. The molecule has 14 heavy (non-hydrogen) atoms. The van der Waals surface area contributed by atoms with Gasteiger partial charge in [-0.25, -0.2) is 0 Å². The summed E-state index contributed by atoms with van der Waals surface area (Å²) in [6.07, 6.45) is 1.08. The fourth-order valence-corrected chi connectivity index (χ4v) is 1.65. The van der Waals surface area contributed by atoms with Gasteiger partial charge in [-0.1, -0.05) is 6.92 Å². The minimum atomic E-state index is -0.0125. The van der Waals surface area contributed by atoms with E-state index in [1.165, 1.54) is 0 Å². The largest absolute Gasteiger partial charge is 0.379 e. The van der Waals surface area contributed by atoms with Crippen LogP contribution in [0.25, 0.3) is 0 Å². The maximum Gasteiger partial charge on any atom is 0.227 e. The van der Waals surface area contributed by atoms with Crippen LogP contribution in [0.15, 0.2) is 0 Å². The number of rotatable bonds is 5. The van der Waals surface area contributed by atoms with E-state index in [4.69, 9.17) is 4.74 Å². The molecule has 4 nitrogen and oxygen atoms in total. The van der Waals surface area contributed by atoms with E-state index < -0.39 is 0 Å². The summed E-state index contributed by atoms with van der Waals surface area (Å²) in [7, 11) is 0. The first-order valence-electron chi connectivity index (χ1n) is 5.38. The molecule has 1 aliphatic rings. The van der Waals surface area contributed by atoms with Gasteiger partial charge in [0.1, 0.15) is 0 Å². The molecule has 0 aromatic carbocycles. The molecular formula is C10H20N2O2. The Kier molecular flexibility index (Phi) is 4.90. The van der Waals surface area contributed by atoms with Crippen LogP contribution in [0.1, 0.15) is 20.3 Å². The summed E-state index contributed by atoms with van der Waals surface area (Å²) < 4.78 is 5.31. The summed E-state index contributed by atoms with van der Waals surface area (Å²) in [5.41, 5.74) is 0. The second-order valence-electron chi connectivity index (χ2n) is 3.60. The standard InChI is InChI=1S/C10H20N2O2/c1-3-5-12-9-7-14-6-8(9)10(13)11-4-2/h8-9,12H,3-7H2,1-2H3,(H,11,13). The lowest BCUT2D eigenvalue weighted by molar-refractivity contribution is -0.125. The third-order valence-electron chi connectivity index (χ3n) is 2.42. The van der Waals surface area contributed by atoms with Crippen molar-refractivity contribution in [3.63, 3.8) is 0 Å². The molecule has 0 aromatic rings. The number of nitrogens with one attached hydrogen (secondary N) is 2. The summed E-state index contributed by atoms with van der Waals surface area (Å²) in [5.74, 6) is 0.0973. The lowest BCUT2D eigenvalue weighted by Gasteiger charge is -2.17. The second kappa shape index (κ2) is 5.98. The van der Waals surface area contributed by atoms with Crippen molar-refractivity contribution in [1.29, 1.82) is 0 Å². The molecule has 1 heterocycles. The van der Waals surface area contributed by atoms with Crippen LogP contribution in [-0.2, 0) is 9.53 Å². The molecule has 0 bridgehead atoms. The van der Waals surface area contributed by atoms with Crippen LogP contribution >= 0.6 is 0 Å². The van der Waals surface area contributed by atoms with E-state index in [-0.39, 0.29) is 17.9 Å². The molecule has 1 saturated heterocycles. The lowest BCUT2D eigenvalue weighted by Crippen LogP contribution is -2.44. The molecule has 1 amide bonds. The molecule has 0 aromatic heterocycles. The Labute approximate surface area is 85.4 Å². The molecule has 2 unspecified atom stereocenters. The third kappa shape index (κ3) is 2.96. The molecule has 2 atom stereocenters. The van der Waals surface area contributed by atoms with Crippen molar-refractivity contribution in [3.8, 4) is 0 Å². The van der Waals surface area contributed by atoms with Crippen molar-refractivity contribution < 1.29 is 9.53 Å². The smallest absolute Gasteiger partial charge is 0.227 e. The van der Waals surface area contributed by atoms with Gasteiger partial charge in [-0.2, -0.15) is 0 Å². The molecule has 1 rings (SSSR count). The van der Waals surface area contributed by atoms with E-state index in [2.05, 4.69) is 17.6 Å². The zero-order valence-electron chi connectivity index (χ0n) is 9.01. The zero-order valence-corrected chi connectivity index (χ0v) is 9.01. The average molecular weight is 200 g/mol. The average Bonchev–Trinajstić information content (AvgIpc) is 2.63. The summed E-state index contributed by atoms with van der Waals surface area (Å²) in [4.78, 5) is 11.6. The van der Waals surface area contributed by atoms with Crippen LogP contribution in [0.3, 0.4) is 0 Å². The highest BCUT2D eigenvalue weighted by Gasteiger charge is 2.32. The Morgan fingerprint density at radius 1 is 1.43 bits per heavy atom. The summed E-state index contributed by atoms with van der Waals surface area (Å²) in [6, 6.07) is 0.196. The van der Waals surface area contributed by atoms with Crippen LogP contribution in [-0.4, -0.2) is 38.3 Å². The predicted octanol–water partition coefficient (Wildman–Crippen LogP) is 0.137. The first-order chi connectivity index (χ1) is 6.79. The van der Waals surface area contributed by atoms with Gasteiger partial charge in [0.05, 0.1) is 19.1 Å². The highest BCUT2D eigenvalue weighted by atomic mass is 16.5. The number of amides is 1. The van der Waals surface area contributed by atoms with E-state index in [0.29, 0.717) is 19.8 Å². The predicted molar refractivity (Wildman–Crippen MR) is 55.1 cm³/mol. The molecule has 0 aliphatic carbocycles. The maximum absolute atomic E-state index is 11.6. The van der Waals surface area contributed by atoms with Gasteiger partial charge in [-0.15, -0.1) is 0 Å². The van der Waals surface area contributed by atoms with Crippen LogP contribution in [0.5, 0.6) is 0 Å². The molecule has 82 valence electrons. The van der Waals surface area contributed by atoms with Crippen LogP contribution in [0.4, 0.5) is 0 Å². The zero-order chi connectivity index (χ0) is 10.4. The van der Waals surface area contributed by atoms with Gasteiger partial charge in [-0.05, 0) is 19.9 Å². The van der Waals surface area contributed by atoms with Crippen molar-refractivity contribution in [2.45, 2.75) is 26.3 Å². The Bertz CT molecular complexity index is 185. The Morgan fingerprint density at radius 2 is 2.21 bits per heavy atom. The van der Waals surface area contributed by atoms with Gasteiger partial charge in [0, 0.05) is 12.6 Å². The van der Waals surface area contributed by atoms with Crippen LogP contribution < -0.4 is 10.6 Å². The van der Waals surface area contributed by atoms with E-state index >= 15 is 0 Å². The molecule has 0 radical (unpaired) electrons. The summed E-state index contributed by atoms with van der Waals surface area (Å²) in [5, 5.41) is 6.17. The molecule has 1 aliphatic heterocycles.